The normalized spacial score (nSPS) is 22.1. The Morgan fingerprint density at radius 2 is 2.15 bits per heavy atom. The van der Waals surface area contributed by atoms with Crippen LogP contribution in [0.2, 0.25) is 5.02 Å². The molecule has 0 spiro atoms. The summed E-state index contributed by atoms with van der Waals surface area (Å²) < 4.78 is 7.20. The van der Waals surface area contributed by atoms with Crippen LogP contribution in [0.4, 0.5) is 10.5 Å². The van der Waals surface area contributed by atoms with Crippen molar-refractivity contribution in [2.75, 3.05) is 38.7 Å². The second kappa shape index (κ2) is 6.53. The predicted octanol–water partition coefficient (Wildman–Crippen LogP) is 1.62. The van der Waals surface area contributed by atoms with E-state index >= 15 is 0 Å². The zero-order valence-corrected chi connectivity index (χ0v) is 16.2. The lowest BCUT2D eigenvalue weighted by atomic mass is 10.1. The molecule has 142 valence electrons. The highest BCUT2D eigenvalue weighted by molar-refractivity contribution is 6.32. The van der Waals surface area contributed by atoms with E-state index in [1.165, 1.54) is 9.80 Å². The van der Waals surface area contributed by atoms with E-state index in [0.717, 1.165) is 18.7 Å². The van der Waals surface area contributed by atoms with E-state index in [1.807, 2.05) is 27.7 Å². The van der Waals surface area contributed by atoms with Crippen LogP contribution < -0.4 is 9.64 Å². The number of nitrogens with zero attached hydrogens (tertiary/aromatic N) is 5. The SMILES string of the molecule is CCN1C(=O)C2C(=NC3=[N+]2CCCN3c2ccc(OC)c(Cl)c2)N(C)C1=O. The van der Waals surface area contributed by atoms with Gasteiger partial charge in [-0.15, -0.1) is 0 Å². The molecule has 9 heteroatoms. The second-order valence-corrected chi connectivity index (χ2v) is 7.02. The van der Waals surface area contributed by atoms with E-state index in [-0.39, 0.29) is 11.9 Å². The Kier molecular flexibility index (Phi) is 4.30. The first-order chi connectivity index (χ1) is 13.0. The van der Waals surface area contributed by atoms with Gasteiger partial charge in [0.05, 0.1) is 25.2 Å². The number of imide groups is 1. The summed E-state index contributed by atoms with van der Waals surface area (Å²) >= 11 is 6.29. The van der Waals surface area contributed by atoms with Crippen molar-refractivity contribution >= 4 is 41.0 Å². The minimum atomic E-state index is -0.556. The van der Waals surface area contributed by atoms with Crippen LogP contribution in [0, 0.1) is 0 Å². The molecule has 0 aromatic heterocycles. The van der Waals surface area contributed by atoms with Crippen LogP contribution in [0.5, 0.6) is 5.75 Å². The molecule has 3 amide bonds. The molecule has 1 fully saturated rings. The Labute approximate surface area is 162 Å². The Balaban J connectivity index is 1.77. The van der Waals surface area contributed by atoms with Gasteiger partial charge in [0.15, 0.2) is 0 Å². The van der Waals surface area contributed by atoms with Gasteiger partial charge in [0.25, 0.3) is 5.91 Å². The van der Waals surface area contributed by atoms with E-state index in [2.05, 4.69) is 4.99 Å². The summed E-state index contributed by atoms with van der Waals surface area (Å²) in [4.78, 5) is 34.8. The molecule has 1 unspecified atom stereocenters. The summed E-state index contributed by atoms with van der Waals surface area (Å²) in [6.45, 7) is 3.60. The van der Waals surface area contributed by atoms with E-state index in [9.17, 15) is 9.59 Å². The van der Waals surface area contributed by atoms with Crippen LogP contribution in [0.15, 0.2) is 23.2 Å². The molecule has 3 heterocycles. The van der Waals surface area contributed by atoms with Gasteiger partial charge < -0.3 is 4.74 Å². The molecule has 0 saturated carbocycles. The molecule has 0 N–H and O–H groups in total. The van der Waals surface area contributed by atoms with Gasteiger partial charge in [0, 0.05) is 20.0 Å². The van der Waals surface area contributed by atoms with Crippen molar-refractivity contribution in [2.24, 2.45) is 4.99 Å². The van der Waals surface area contributed by atoms with Crippen LogP contribution in [-0.2, 0) is 4.79 Å². The minimum Gasteiger partial charge on any atom is -0.495 e. The number of likely N-dealkylation sites (N-methyl/N-ethyl adjacent to an activating group) is 2. The van der Waals surface area contributed by atoms with E-state index in [1.54, 1.807) is 21.1 Å². The fourth-order valence-electron chi connectivity index (χ4n) is 3.81. The topological polar surface area (TPSA) is 68.5 Å². The highest BCUT2D eigenvalue weighted by Crippen LogP contribution is 2.32. The molecule has 0 bridgehead atoms. The third kappa shape index (κ3) is 2.58. The maximum absolute atomic E-state index is 12.9. The lowest BCUT2D eigenvalue weighted by molar-refractivity contribution is -0.539. The molecule has 1 saturated heterocycles. The fourth-order valence-corrected chi connectivity index (χ4v) is 4.06. The van der Waals surface area contributed by atoms with Crippen molar-refractivity contribution < 1.29 is 18.9 Å². The van der Waals surface area contributed by atoms with Crippen molar-refractivity contribution in [3.63, 3.8) is 0 Å². The number of halogens is 1. The fraction of sp³-hybridized carbons (Fsp3) is 0.444. The quantitative estimate of drug-likeness (QED) is 0.735. The number of rotatable bonds is 3. The van der Waals surface area contributed by atoms with Gasteiger partial charge in [0.1, 0.15) is 11.4 Å². The number of anilines is 1. The van der Waals surface area contributed by atoms with E-state index in [0.29, 0.717) is 35.7 Å². The van der Waals surface area contributed by atoms with Gasteiger partial charge >= 0.3 is 12.0 Å². The maximum Gasteiger partial charge on any atom is 0.397 e. The molecule has 0 aliphatic carbocycles. The first-order valence-electron chi connectivity index (χ1n) is 8.90. The number of ether oxygens (including phenoxy) is 1. The Hall–Kier alpha value is -2.61. The van der Waals surface area contributed by atoms with Crippen molar-refractivity contribution in [1.29, 1.82) is 0 Å². The molecular weight excluding hydrogens is 370 g/mol. The Bertz CT molecular complexity index is 897. The van der Waals surface area contributed by atoms with Crippen LogP contribution in [0.3, 0.4) is 0 Å². The number of amidine groups is 1. The zero-order valence-electron chi connectivity index (χ0n) is 15.5. The molecule has 1 aromatic rings. The first-order valence-corrected chi connectivity index (χ1v) is 9.28. The number of carbonyl (C=O) groups is 2. The largest absolute Gasteiger partial charge is 0.495 e. The molecule has 27 heavy (non-hydrogen) atoms. The maximum atomic E-state index is 12.9. The van der Waals surface area contributed by atoms with Crippen LogP contribution >= 0.6 is 11.6 Å². The number of urea groups is 1. The Morgan fingerprint density at radius 1 is 1.37 bits per heavy atom. The molecule has 8 nitrogen and oxygen atoms in total. The van der Waals surface area contributed by atoms with Gasteiger partial charge in [-0.25, -0.2) is 14.3 Å². The third-order valence-electron chi connectivity index (χ3n) is 5.17. The lowest BCUT2D eigenvalue weighted by Gasteiger charge is -2.34. The standard InChI is InChI=1S/C18H21ClN5O3/c1-4-22-16(25)14-15(21(2)18(22)26)20-17-23(8-5-9-24(14)17)11-6-7-13(27-3)12(19)10-11/h6-7,10,14H,4-5,8-9H2,1-3H3/q+1. The van der Waals surface area contributed by atoms with Gasteiger partial charge in [-0.1, -0.05) is 16.6 Å². The Morgan fingerprint density at radius 3 is 2.81 bits per heavy atom. The molecule has 1 aromatic carbocycles. The van der Waals surface area contributed by atoms with Crippen LogP contribution in [0.1, 0.15) is 13.3 Å². The molecule has 0 radical (unpaired) electrons. The van der Waals surface area contributed by atoms with Crippen molar-refractivity contribution in [1.82, 2.24) is 9.80 Å². The van der Waals surface area contributed by atoms with Gasteiger partial charge in [-0.05, 0) is 25.1 Å². The summed E-state index contributed by atoms with van der Waals surface area (Å²) in [6, 6.07) is 4.66. The lowest BCUT2D eigenvalue weighted by Crippen LogP contribution is -2.63. The van der Waals surface area contributed by atoms with Crippen LogP contribution in [-0.4, -0.2) is 77.9 Å². The van der Waals surface area contributed by atoms with Gasteiger partial charge in [-0.3, -0.25) is 14.6 Å². The highest BCUT2D eigenvalue weighted by Gasteiger charge is 2.54. The first kappa shape index (κ1) is 17.8. The van der Waals surface area contributed by atoms with Crippen molar-refractivity contribution in [3.8, 4) is 5.75 Å². The number of carbonyl (C=O) groups excluding carboxylic acids is 2. The molecule has 4 rings (SSSR count). The molecule has 3 aliphatic heterocycles. The van der Waals surface area contributed by atoms with Crippen molar-refractivity contribution in [3.05, 3.63) is 23.2 Å². The number of hydrogen-bond donors (Lipinski definition) is 0. The van der Waals surface area contributed by atoms with Gasteiger partial charge in [-0.2, -0.15) is 0 Å². The number of fused-ring (bicyclic) bond motifs is 2. The number of aliphatic imine (C=N–C) groups is 1. The molecule has 3 aliphatic rings. The van der Waals surface area contributed by atoms with Crippen molar-refractivity contribution in [2.45, 2.75) is 19.4 Å². The van der Waals surface area contributed by atoms with Gasteiger partial charge in [0.2, 0.25) is 11.9 Å². The predicted molar refractivity (Wildman–Crippen MR) is 102 cm³/mol. The summed E-state index contributed by atoms with van der Waals surface area (Å²) in [6.07, 6.45) is 0.865. The highest BCUT2D eigenvalue weighted by atomic mass is 35.5. The molecule has 1 atom stereocenters. The van der Waals surface area contributed by atoms with Crippen LogP contribution in [0.25, 0.3) is 0 Å². The summed E-state index contributed by atoms with van der Waals surface area (Å²) in [5, 5.41) is 0.510. The number of benzene rings is 1. The number of methoxy groups -OCH3 is 1. The average molecular weight is 391 g/mol. The zero-order chi connectivity index (χ0) is 19.3. The number of hydrogen-bond acceptors (Lipinski definition) is 5. The minimum absolute atomic E-state index is 0.219. The summed E-state index contributed by atoms with van der Waals surface area (Å²) in [5.74, 6) is 1.54. The number of amides is 3. The van der Waals surface area contributed by atoms with E-state index in [4.69, 9.17) is 16.3 Å². The number of guanidine groups is 1. The smallest absolute Gasteiger partial charge is 0.397 e. The average Bonchev–Trinajstić information content (AvgIpc) is 3.06. The van der Waals surface area contributed by atoms with E-state index < -0.39 is 6.04 Å². The monoisotopic (exact) mass is 390 g/mol. The third-order valence-corrected chi connectivity index (χ3v) is 5.47. The second-order valence-electron chi connectivity index (χ2n) is 6.61. The summed E-state index contributed by atoms with van der Waals surface area (Å²) in [7, 11) is 3.24. The molecular formula is C18H21ClN5O3+. The summed E-state index contributed by atoms with van der Waals surface area (Å²) in [5.41, 5.74) is 0.872.